The van der Waals surface area contributed by atoms with Crippen LogP contribution in [-0.4, -0.2) is 50.9 Å². The van der Waals surface area contributed by atoms with Gasteiger partial charge >= 0.3 is 14.2 Å². The van der Waals surface area contributed by atoms with E-state index in [9.17, 15) is 0 Å². The van der Waals surface area contributed by atoms with Gasteiger partial charge in [0.15, 0.2) is 0 Å². The molecule has 4 fully saturated rings. The highest BCUT2D eigenvalue weighted by Gasteiger charge is 2.53. The Morgan fingerprint density at radius 2 is 0.915 bits per heavy atom. The second kappa shape index (κ2) is 19.2. The maximum absolute atomic E-state index is 6.28. The number of fused-ring (bicyclic) bond motifs is 2. The molecule has 2 aliphatic heterocycles. The number of allylic oxidation sites excluding steroid dienone is 1. The van der Waals surface area contributed by atoms with Crippen molar-refractivity contribution in [1.82, 2.24) is 0 Å². The van der Waals surface area contributed by atoms with Crippen molar-refractivity contribution >= 4 is 46.7 Å². The van der Waals surface area contributed by atoms with Gasteiger partial charge in [0.1, 0.15) is 11.5 Å². The fraction of sp³-hybridized carbons (Fsp3) is 0.460. The van der Waals surface area contributed by atoms with Gasteiger partial charge in [-0.15, -0.1) is 0 Å². The highest BCUT2D eigenvalue weighted by atomic mass is 16.7. The van der Waals surface area contributed by atoms with Crippen LogP contribution in [-0.2, 0) is 29.4 Å². The van der Waals surface area contributed by atoms with Gasteiger partial charge in [-0.25, -0.2) is 0 Å². The molecule has 6 aromatic rings. The summed E-state index contributed by atoms with van der Waals surface area (Å²) in [6, 6.07) is 39.9. The van der Waals surface area contributed by atoms with E-state index in [-0.39, 0.29) is 47.5 Å². The van der Waals surface area contributed by atoms with Crippen LogP contribution >= 0.6 is 0 Å². The predicted octanol–water partition coefficient (Wildman–Crippen LogP) is 14.9. The fourth-order valence-corrected chi connectivity index (χ4v) is 11.9. The van der Waals surface area contributed by atoms with Crippen molar-refractivity contribution in [2.24, 2.45) is 5.92 Å². The summed E-state index contributed by atoms with van der Waals surface area (Å²) >= 11 is 0. The molecule has 2 saturated carbocycles. The van der Waals surface area contributed by atoms with Crippen molar-refractivity contribution in [2.45, 2.75) is 167 Å². The van der Waals surface area contributed by atoms with Crippen molar-refractivity contribution in [2.75, 3.05) is 14.2 Å². The molecule has 6 aromatic carbocycles. The molecule has 0 N–H and O–H groups in total. The minimum atomic E-state index is -0.351. The van der Waals surface area contributed by atoms with E-state index in [1.165, 1.54) is 99.0 Å². The Labute approximate surface area is 426 Å². The van der Waals surface area contributed by atoms with Gasteiger partial charge in [-0.05, 0) is 196 Å². The minimum Gasteiger partial charge on any atom is -0.496 e. The summed E-state index contributed by atoms with van der Waals surface area (Å²) < 4.78 is 36.8. The van der Waals surface area contributed by atoms with Crippen LogP contribution in [0.15, 0.2) is 121 Å². The number of methoxy groups -OCH3 is 2. The van der Waals surface area contributed by atoms with Gasteiger partial charge in [-0.1, -0.05) is 125 Å². The Balaban J connectivity index is 0.000000176. The second-order valence-electron chi connectivity index (χ2n) is 23.8. The van der Waals surface area contributed by atoms with Gasteiger partial charge in [-0.2, -0.15) is 0 Å². The van der Waals surface area contributed by atoms with Crippen molar-refractivity contribution in [3.8, 4) is 33.8 Å². The Bertz CT molecular complexity index is 2910. The summed E-state index contributed by atoms with van der Waals surface area (Å²) in [7, 11) is 2.89. The Morgan fingerprint density at radius 1 is 0.521 bits per heavy atom. The van der Waals surface area contributed by atoms with E-state index in [0.29, 0.717) is 5.92 Å². The third kappa shape index (κ3) is 9.88. The van der Waals surface area contributed by atoms with Crippen LogP contribution in [0, 0.1) is 5.92 Å². The SMILES string of the molecule is C=C1CC(C)CC(CC)(c2cc(-c3ccc4cc(B5OC(C)(C)C(C)(C)O5)ccc4c3)ccc2OC)C1.COc1ccc(-c2ccc3cc(B4OC(C)(C)C(C)(C)O4)ccc3c2)cc1C1(C)CCCCC1. The molecule has 0 aromatic heterocycles. The molecule has 10 rings (SSSR count). The zero-order valence-corrected chi connectivity index (χ0v) is 45.1. The number of benzene rings is 6. The summed E-state index contributed by atoms with van der Waals surface area (Å²) in [6.45, 7) is 28.2. The Kier molecular flexibility index (Phi) is 13.8. The van der Waals surface area contributed by atoms with Crippen LogP contribution in [0.4, 0.5) is 0 Å². The molecular formula is C63H78B2O6. The first kappa shape index (κ1) is 51.1. The number of hydrogen-bond donors (Lipinski definition) is 0. The molecule has 372 valence electrons. The highest BCUT2D eigenvalue weighted by molar-refractivity contribution is 6.62. The quantitative estimate of drug-likeness (QED) is 0.106. The van der Waals surface area contributed by atoms with Crippen LogP contribution < -0.4 is 20.4 Å². The van der Waals surface area contributed by atoms with E-state index in [0.717, 1.165) is 41.7 Å². The average Bonchev–Trinajstić information content (AvgIpc) is 3.71. The third-order valence-corrected chi connectivity index (χ3v) is 17.7. The largest absolute Gasteiger partial charge is 0.496 e. The summed E-state index contributed by atoms with van der Waals surface area (Å²) in [6.07, 6.45) is 10.8. The van der Waals surface area contributed by atoms with Crippen molar-refractivity contribution < 1.29 is 28.1 Å². The maximum atomic E-state index is 6.28. The van der Waals surface area contributed by atoms with E-state index < -0.39 is 0 Å². The lowest BCUT2D eigenvalue weighted by Gasteiger charge is -2.42. The van der Waals surface area contributed by atoms with Crippen molar-refractivity contribution in [1.29, 1.82) is 0 Å². The monoisotopic (exact) mass is 953 g/mol. The van der Waals surface area contributed by atoms with E-state index in [1.807, 2.05) is 0 Å². The van der Waals surface area contributed by atoms with Gasteiger partial charge in [0.2, 0.25) is 0 Å². The number of ether oxygens (including phenoxy) is 2. The van der Waals surface area contributed by atoms with E-state index in [4.69, 9.17) is 28.1 Å². The van der Waals surface area contributed by atoms with E-state index >= 15 is 0 Å². The van der Waals surface area contributed by atoms with Gasteiger partial charge in [0.25, 0.3) is 0 Å². The molecular weight excluding hydrogens is 874 g/mol. The van der Waals surface area contributed by atoms with Crippen LogP contribution in [0.1, 0.15) is 145 Å². The predicted molar refractivity (Wildman–Crippen MR) is 298 cm³/mol. The molecule has 4 aliphatic rings. The van der Waals surface area contributed by atoms with Gasteiger partial charge in [0, 0.05) is 16.5 Å². The first-order valence-electron chi connectivity index (χ1n) is 26.4. The molecule has 6 nitrogen and oxygen atoms in total. The van der Waals surface area contributed by atoms with Crippen LogP contribution in [0.3, 0.4) is 0 Å². The summed E-state index contributed by atoms with van der Waals surface area (Å²) in [5.74, 6) is 2.63. The lowest BCUT2D eigenvalue weighted by atomic mass is 9.63. The van der Waals surface area contributed by atoms with E-state index in [2.05, 4.69) is 192 Å². The highest BCUT2D eigenvalue weighted by Crippen LogP contribution is 2.50. The molecule has 71 heavy (non-hydrogen) atoms. The first-order valence-corrected chi connectivity index (χ1v) is 26.4. The minimum absolute atomic E-state index is 0.0741. The number of hydrogen-bond acceptors (Lipinski definition) is 6. The first-order chi connectivity index (χ1) is 33.6. The lowest BCUT2D eigenvalue weighted by Crippen LogP contribution is -2.41. The lowest BCUT2D eigenvalue weighted by molar-refractivity contribution is 0.00578. The average molecular weight is 953 g/mol. The van der Waals surface area contributed by atoms with Gasteiger partial charge in [0.05, 0.1) is 36.6 Å². The molecule has 2 aliphatic carbocycles. The van der Waals surface area contributed by atoms with Crippen LogP contribution in [0.2, 0.25) is 0 Å². The normalized spacial score (nSPS) is 23.1. The van der Waals surface area contributed by atoms with Crippen LogP contribution in [0.5, 0.6) is 11.5 Å². The molecule has 2 unspecified atom stereocenters. The topological polar surface area (TPSA) is 55.4 Å². The van der Waals surface area contributed by atoms with Crippen molar-refractivity contribution in [3.05, 3.63) is 132 Å². The molecule has 0 bridgehead atoms. The molecule has 8 heteroatoms. The van der Waals surface area contributed by atoms with Gasteiger partial charge in [-0.3, -0.25) is 0 Å². The smallest absolute Gasteiger partial charge is 0.494 e. The standard InChI is InChI=1S/C33H41BO3.C30H37BO3/c1-9-33(20-22(2)16-23(3)21-33)29-19-27(13-15-30(29)35-8)24-10-11-26-18-28(14-12-25(26)17-24)34-36-31(4,5)32(6,7)37-34;1-28(2)29(3,4)34-31(33-28)25-14-12-22-18-21(10-11-23(22)19-25)24-13-15-27(32-6)26(20-24)30(5)16-8-7-9-17-30/h10-15,17-19,23H,2,9,16,20-21H2,1,3-8H3;10-15,18-20H,7-9,16-17H2,1-6H3. The maximum Gasteiger partial charge on any atom is 0.494 e. The Hall–Kier alpha value is -4.85. The molecule has 2 atom stereocenters. The second-order valence-corrected chi connectivity index (χ2v) is 23.8. The number of rotatable bonds is 9. The zero-order chi connectivity index (χ0) is 50.7. The zero-order valence-electron chi connectivity index (χ0n) is 45.1. The fourth-order valence-electron chi connectivity index (χ4n) is 11.9. The third-order valence-electron chi connectivity index (χ3n) is 17.7. The van der Waals surface area contributed by atoms with E-state index in [1.54, 1.807) is 14.2 Å². The summed E-state index contributed by atoms with van der Waals surface area (Å²) in [5, 5.41) is 4.81. The van der Waals surface area contributed by atoms with Gasteiger partial charge < -0.3 is 28.1 Å². The molecule has 0 spiro atoms. The molecule has 2 saturated heterocycles. The summed E-state index contributed by atoms with van der Waals surface area (Å²) in [4.78, 5) is 0. The molecule has 2 heterocycles. The molecule has 0 radical (unpaired) electrons. The molecule has 0 amide bonds. The van der Waals surface area contributed by atoms with Crippen molar-refractivity contribution in [3.63, 3.8) is 0 Å². The Morgan fingerprint density at radius 3 is 1.35 bits per heavy atom. The van der Waals surface area contributed by atoms with Crippen LogP contribution in [0.25, 0.3) is 43.8 Å². The summed E-state index contributed by atoms with van der Waals surface area (Å²) in [5.41, 5.74) is 9.98.